The lowest BCUT2D eigenvalue weighted by Gasteiger charge is -2.01. The fraction of sp³-hybridized carbons (Fsp3) is 0.400. The Bertz CT molecular complexity index is 453. The number of aromatic nitrogens is 1. The van der Waals surface area contributed by atoms with Gasteiger partial charge in [-0.05, 0) is 31.2 Å². The number of alkyl halides is 1. The fourth-order valence-electron chi connectivity index (χ4n) is 1.98. The van der Waals surface area contributed by atoms with Crippen molar-refractivity contribution in [2.24, 2.45) is 0 Å². The molecular weight excluding hydrogens is 306 g/mol. The highest BCUT2D eigenvalue weighted by molar-refractivity contribution is 9.08. The van der Waals surface area contributed by atoms with Crippen LogP contribution in [0.15, 0.2) is 35.7 Å². The number of hydrogen-bond donors (Lipinski definition) is 0. The highest BCUT2D eigenvalue weighted by Crippen LogP contribution is 2.15. The van der Waals surface area contributed by atoms with Crippen LogP contribution in [0.3, 0.4) is 0 Å². The lowest BCUT2D eigenvalue weighted by atomic mass is 10.1. The fourth-order valence-corrected chi connectivity index (χ4v) is 3.18. The number of aryl methyl sites for hydroxylation is 2. The minimum atomic E-state index is 0.881. The third-order valence-corrected chi connectivity index (χ3v) is 4.75. The molecule has 0 fully saturated rings. The van der Waals surface area contributed by atoms with Gasteiger partial charge in [-0.15, -0.1) is 11.3 Å². The molecule has 0 aliphatic rings. The second-order valence-corrected chi connectivity index (χ2v) is 5.92. The van der Waals surface area contributed by atoms with Crippen LogP contribution in [0.5, 0.6) is 0 Å². The number of unbranched alkanes of at least 4 members (excludes halogenated alkanes) is 2. The van der Waals surface area contributed by atoms with Gasteiger partial charge in [0.1, 0.15) is 5.01 Å². The summed E-state index contributed by atoms with van der Waals surface area (Å²) in [5.74, 6) is 0. The van der Waals surface area contributed by atoms with E-state index in [0.29, 0.717) is 0 Å². The van der Waals surface area contributed by atoms with Crippen LogP contribution in [0.4, 0.5) is 0 Å². The predicted molar refractivity (Wildman–Crippen MR) is 82.4 cm³/mol. The molecule has 0 amide bonds. The molecule has 2 aromatic rings. The van der Waals surface area contributed by atoms with Crippen molar-refractivity contribution in [3.8, 4) is 0 Å². The summed E-state index contributed by atoms with van der Waals surface area (Å²) >= 11 is 5.19. The van der Waals surface area contributed by atoms with Gasteiger partial charge in [0.15, 0.2) is 0 Å². The van der Waals surface area contributed by atoms with E-state index in [9.17, 15) is 0 Å². The van der Waals surface area contributed by atoms with E-state index in [4.69, 9.17) is 0 Å². The van der Waals surface area contributed by atoms with E-state index >= 15 is 0 Å². The van der Waals surface area contributed by atoms with Gasteiger partial charge in [-0.3, -0.25) is 0 Å². The molecule has 1 aromatic carbocycles. The van der Waals surface area contributed by atoms with Gasteiger partial charge in [0.2, 0.25) is 0 Å². The molecular formula is C15H18BrNS. The van der Waals surface area contributed by atoms with Gasteiger partial charge in [0.25, 0.3) is 0 Å². The number of benzene rings is 1. The van der Waals surface area contributed by atoms with Crippen LogP contribution < -0.4 is 0 Å². The Hall–Kier alpha value is -0.670. The first kappa shape index (κ1) is 13.8. The zero-order chi connectivity index (χ0) is 12.6. The molecule has 0 radical (unpaired) electrons. The van der Waals surface area contributed by atoms with E-state index in [0.717, 1.165) is 11.8 Å². The summed E-state index contributed by atoms with van der Waals surface area (Å²) in [5.41, 5.74) is 2.71. The molecule has 0 atom stereocenters. The van der Waals surface area contributed by atoms with Crippen LogP contribution in [0, 0.1) is 0 Å². The average molecular weight is 324 g/mol. The molecule has 1 nitrogen and oxygen atoms in total. The lowest BCUT2D eigenvalue weighted by Crippen LogP contribution is -1.89. The normalized spacial score (nSPS) is 10.7. The van der Waals surface area contributed by atoms with Crippen molar-refractivity contribution in [2.75, 3.05) is 0 Å². The maximum Gasteiger partial charge on any atom is 0.103 e. The number of nitrogens with zero attached hydrogens (tertiary/aromatic N) is 1. The van der Waals surface area contributed by atoms with Crippen LogP contribution in [-0.2, 0) is 18.2 Å². The Morgan fingerprint density at radius 1 is 1.00 bits per heavy atom. The summed E-state index contributed by atoms with van der Waals surface area (Å²) in [6, 6.07) is 10.7. The number of rotatable bonds is 7. The summed E-state index contributed by atoms with van der Waals surface area (Å²) in [6.07, 6.45) is 6.14. The molecule has 0 N–H and O–H groups in total. The number of hydrogen-bond acceptors (Lipinski definition) is 2. The van der Waals surface area contributed by atoms with Gasteiger partial charge in [0, 0.05) is 5.38 Å². The highest BCUT2D eigenvalue weighted by Gasteiger charge is 2.00. The summed E-state index contributed by atoms with van der Waals surface area (Å²) in [5, 5.41) is 4.26. The summed E-state index contributed by atoms with van der Waals surface area (Å²) in [7, 11) is 0. The van der Waals surface area contributed by atoms with E-state index in [1.54, 1.807) is 11.3 Å². The minimum absolute atomic E-state index is 0.881. The molecule has 0 unspecified atom stereocenters. The standard InChI is InChI=1S/C15H18BrNS/c16-11-15-17-14(12-18-15)10-6-2-5-9-13-7-3-1-4-8-13/h1,3-4,7-8,12H,2,5-6,9-11H2. The van der Waals surface area contributed by atoms with E-state index in [2.05, 4.69) is 56.6 Å². The van der Waals surface area contributed by atoms with Gasteiger partial charge >= 0.3 is 0 Å². The van der Waals surface area contributed by atoms with E-state index in [1.165, 1.54) is 41.9 Å². The number of thiazole rings is 1. The zero-order valence-electron chi connectivity index (χ0n) is 10.4. The van der Waals surface area contributed by atoms with Crippen molar-refractivity contribution in [1.29, 1.82) is 0 Å². The molecule has 0 bridgehead atoms. The Labute approximate surface area is 121 Å². The van der Waals surface area contributed by atoms with Crippen molar-refractivity contribution in [3.05, 3.63) is 52.0 Å². The van der Waals surface area contributed by atoms with Gasteiger partial charge in [-0.1, -0.05) is 52.7 Å². The summed E-state index contributed by atoms with van der Waals surface area (Å²) < 4.78 is 0. The smallest absolute Gasteiger partial charge is 0.103 e. The summed E-state index contributed by atoms with van der Waals surface area (Å²) in [4.78, 5) is 4.56. The second kappa shape index (κ2) is 7.70. The van der Waals surface area contributed by atoms with Gasteiger partial charge in [-0.2, -0.15) is 0 Å². The molecule has 3 heteroatoms. The third-order valence-electron chi connectivity index (χ3n) is 2.95. The maximum absolute atomic E-state index is 4.56. The highest BCUT2D eigenvalue weighted by atomic mass is 79.9. The maximum atomic E-state index is 4.56. The third kappa shape index (κ3) is 4.54. The Morgan fingerprint density at radius 2 is 1.78 bits per heavy atom. The van der Waals surface area contributed by atoms with Gasteiger partial charge < -0.3 is 0 Å². The molecule has 96 valence electrons. The molecule has 1 aromatic heterocycles. The van der Waals surface area contributed by atoms with E-state index in [-0.39, 0.29) is 0 Å². The van der Waals surface area contributed by atoms with E-state index in [1.807, 2.05) is 0 Å². The topological polar surface area (TPSA) is 12.9 Å². The molecule has 0 saturated heterocycles. The Morgan fingerprint density at radius 3 is 2.50 bits per heavy atom. The first-order chi connectivity index (χ1) is 8.88. The zero-order valence-corrected chi connectivity index (χ0v) is 12.8. The Kier molecular flexibility index (Phi) is 5.88. The second-order valence-electron chi connectivity index (χ2n) is 4.41. The average Bonchev–Trinajstić information content (AvgIpc) is 2.87. The largest absolute Gasteiger partial charge is 0.245 e. The van der Waals surface area contributed by atoms with E-state index < -0.39 is 0 Å². The minimum Gasteiger partial charge on any atom is -0.245 e. The van der Waals surface area contributed by atoms with Crippen molar-refractivity contribution in [2.45, 2.75) is 37.4 Å². The molecule has 0 aliphatic carbocycles. The molecule has 0 aliphatic heterocycles. The number of halogens is 1. The first-order valence-corrected chi connectivity index (χ1v) is 8.42. The van der Waals surface area contributed by atoms with Crippen molar-refractivity contribution >= 4 is 27.3 Å². The molecule has 18 heavy (non-hydrogen) atoms. The SMILES string of the molecule is BrCc1nc(CCCCCc2ccccc2)cs1. The predicted octanol–water partition coefficient (Wildman–Crippen LogP) is 4.99. The summed E-state index contributed by atoms with van der Waals surface area (Å²) in [6.45, 7) is 0. The van der Waals surface area contributed by atoms with Crippen molar-refractivity contribution in [3.63, 3.8) is 0 Å². The van der Waals surface area contributed by atoms with Crippen molar-refractivity contribution < 1.29 is 0 Å². The van der Waals surface area contributed by atoms with Crippen LogP contribution >= 0.6 is 27.3 Å². The van der Waals surface area contributed by atoms with Gasteiger partial charge in [-0.25, -0.2) is 4.98 Å². The molecule has 2 rings (SSSR count). The molecule has 0 saturated carbocycles. The Balaban J connectivity index is 1.61. The van der Waals surface area contributed by atoms with Crippen LogP contribution in [0.2, 0.25) is 0 Å². The van der Waals surface area contributed by atoms with Gasteiger partial charge in [0.05, 0.1) is 11.0 Å². The molecule has 0 spiro atoms. The first-order valence-electron chi connectivity index (χ1n) is 6.41. The lowest BCUT2D eigenvalue weighted by molar-refractivity contribution is 0.672. The van der Waals surface area contributed by atoms with Crippen LogP contribution in [-0.4, -0.2) is 4.98 Å². The van der Waals surface area contributed by atoms with Crippen LogP contribution in [0.1, 0.15) is 35.5 Å². The monoisotopic (exact) mass is 323 g/mol. The quantitative estimate of drug-likeness (QED) is 0.516. The molecule has 1 heterocycles. The van der Waals surface area contributed by atoms with Crippen molar-refractivity contribution in [1.82, 2.24) is 4.98 Å². The van der Waals surface area contributed by atoms with Crippen LogP contribution in [0.25, 0.3) is 0 Å².